The van der Waals surface area contributed by atoms with E-state index in [1.54, 1.807) is 24.3 Å². The molecule has 3 aromatic carbocycles. The molecule has 0 fully saturated rings. The molecule has 1 amide bonds. The van der Waals surface area contributed by atoms with Gasteiger partial charge < -0.3 is 9.47 Å². The fourth-order valence-corrected chi connectivity index (χ4v) is 4.63. The third-order valence-electron chi connectivity index (χ3n) is 4.71. The summed E-state index contributed by atoms with van der Waals surface area (Å²) in [6.45, 7) is 1.64. The topological polar surface area (TPSA) is 72.9 Å². The second-order valence-corrected chi connectivity index (χ2v) is 9.22. The van der Waals surface area contributed by atoms with E-state index in [1.165, 1.54) is 43.5 Å². The molecule has 6 nitrogen and oxygen atoms in total. The zero-order chi connectivity index (χ0) is 23.1. The molecule has 0 saturated heterocycles. The summed E-state index contributed by atoms with van der Waals surface area (Å²) in [5.74, 6) is 0.285. The molecule has 8 heteroatoms. The van der Waals surface area contributed by atoms with Crippen LogP contribution in [-0.4, -0.2) is 28.0 Å². The highest BCUT2D eigenvalue weighted by molar-refractivity contribution is 7.93. The van der Waals surface area contributed by atoms with Gasteiger partial charge in [0.15, 0.2) is 6.61 Å². The number of carbonyl (C=O) groups excluding carboxylic acids is 1. The maximum Gasteiger partial charge on any atom is 0.278 e. The van der Waals surface area contributed by atoms with Crippen molar-refractivity contribution in [2.45, 2.75) is 24.7 Å². The lowest BCUT2D eigenvalue weighted by atomic mass is 10.1. The number of aryl methyl sites for hydroxylation is 1. The van der Waals surface area contributed by atoms with Gasteiger partial charge >= 0.3 is 0 Å². The molecule has 3 aromatic rings. The van der Waals surface area contributed by atoms with Crippen LogP contribution in [0, 0.1) is 0 Å². The minimum absolute atomic E-state index is 0.0602. The van der Waals surface area contributed by atoms with Crippen LogP contribution in [0.25, 0.3) is 0 Å². The number of carbonyl (C=O) groups is 1. The Labute approximate surface area is 193 Å². The Morgan fingerprint density at radius 3 is 2.06 bits per heavy atom. The number of sulfonamides is 1. The summed E-state index contributed by atoms with van der Waals surface area (Å²) in [6.07, 6.45) is 1.97. The van der Waals surface area contributed by atoms with Gasteiger partial charge in [-0.25, -0.2) is 8.42 Å². The molecule has 168 valence electrons. The third kappa shape index (κ3) is 5.60. The van der Waals surface area contributed by atoms with Gasteiger partial charge in [0.1, 0.15) is 11.5 Å². The summed E-state index contributed by atoms with van der Waals surface area (Å²) < 4.78 is 38.2. The van der Waals surface area contributed by atoms with Gasteiger partial charge in [0.05, 0.1) is 17.7 Å². The van der Waals surface area contributed by atoms with E-state index in [0.717, 1.165) is 22.7 Å². The van der Waals surface area contributed by atoms with Gasteiger partial charge in [0.25, 0.3) is 15.9 Å². The van der Waals surface area contributed by atoms with Crippen molar-refractivity contribution in [3.8, 4) is 11.5 Å². The van der Waals surface area contributed by atoms with Gasteiger partial charge in [-0.05, 0) is 72.6 Å². The highest BCUT2D eigenvalue weighted by Gasteiger charge is 2.31. The number of amides is 1. The number of methoxy groups -OCH3 is 1. The van der Waals surface area contributed by atoms with Crippen LogP contribution < -0.4 is 13.8 Å². The quantitative estimate of drug-likeness (QED) is 0.432. The highest BCUT2D eigenvalue weighted by atomic mass is 35.5. The standard InChI is InChI=1S/C24H24ClNO5S/c1-3-4-18-5-11-22(12-6-18)31-17-24(27)26(20-9-13-21(30-2)14-10-20)32(28,29)23-15-7-19(25)8-16-23/h5-16H,3-4,17H2,1-2H3. The minimum Gasteiger partial charge on any atom is -0.497 e. The van der Waals surface area contributed by atoms with Crippen LogP contribution in [0.15, 0.2) is 77.7 Å². The van der Waals surface area contributed by atoms with Crippen molar-refractivity contribution in [2.24, 2.45) is 0 Å². The number of benzene rings is 3. The molecule has 32 heavy (non-hydrogen) atoms. The molecule has 0 aromatic heterocycles. The van der Waals surface area contributed by atoms with Crippen molar-refractivity contribution < 1.29 is 22.7 Å². The second-order valence-electron chi connectivity index (χ2n) is 7.00. The molecule has 0 aliphatic rings. The molecule has 0 spiro atoms. The predicted molar refractivity (Wildman–Crippen MR) is 125 cm³/mol. The van der Waals surface area contributed by atoms with E-state index in [2.05, 4.69) is 6.92 Å². The van der Waals surface area contributed by atoms with Crippen molar-refractivity contribution in [1.29, 1.82) is 0 Å². The number of rotatable bonds is 9. The molecule has 0 radical (unpaired) electrons. The zero-order valence-corrected chi connectivity index (χ0v) is 19.4. The molecule has 0 aliphatic heterocycles. The van der Waals surface area contributed by atoms with Gasteiger partial charge in [0.2, 0.25) is 0 Å². The van der Waals surface area contributed by atoms with Gasteiger partial charge in [-0.1, -0.05) is 37.1 Å². The summed E-state index contributed by atoms with van der Waals surface area (Å²) >= 11 is 5.89. The van der Waals surface area contributed by atoms with E-state index in [4.69, 9.17) is 21.1 Å². The SMILES string of the molecule is CCCc1ccc(OCC(=O)N(c2ccc(OC)cc2)S(=O)(=O)c2ccc(Cl)cc2)cc1. The summed E-state index contributed by atoms with van der Waals surface area (Å²) in [5, 5.41) is 0.390. The summed E-state index contributed by atoms with van der Waals surface area (Å²) in [6, 6.07) is 19.2. The van der Waals surface area contributed by atoms with Crippen molar-refractivity contribution in [3.05, 3.63) is 83.4 Å². The Hall–Kier alpha value is -3.03. The molecule has 0 saturated carbocycles. The number of ether oxygens (including phenoxy) is 2. The first-order valence-corrected chi connectivity index (χ1v) is 11.9. The molecule has 0 atom stereocenters. The smallest absolute Gasteiger partial charge is 0.278 e. The Morgan fingerprint density at radius 1 is 0.906 bits per heavy atom. The highest BCUT2D eigenvalue weighted by Crippen LogP contribution is 2.27. The molecule has 0 heterocycles. The number of hydrogen-bond acceptors (Lipinski definition) is 5. The molecule has 0 N–H and O–H groups in total. The average Bonchev–Trinajstić information content (AvgIpc) is 2.79. The maximum atomic E-state index is 13.3. The van der Waals surface area contributed by atoms with E-state index >= 15 is 0 Å². The van der Waals surface area contributed by atoms with Crippen LogP contribution in [0.4, 0.5) is 5.69 Å². The number of hydrogen-bond donors (Lipinski definition) is 0. The Bertz CT molecular complexity index is 1140. The lowest BCUT2D eigenvalue weighted by Crippen LogP contribution is -2.40. The first kappa shape index (κ1) is 23.6. The molecular weight excluding hydrogens is 450 g/mol. The predicted octanol–water partition coefficient (Wildman–Crippen LogP) is 5.10. The first-order valence-electron chi connectivity index (χ1n) is 10.0. The second kappa shape index (κ2) is 10.5. The Morgan fingerprint density at radius 2 is 1.50 bits per heavy atom. The van der Waals surface area contributed by atoms with Crippen LogP contribution in [0.5, 0.6) is 11.5 Å². The monoisotopic (exact) mass is 473 g/mol. The number of anilines is 1. The maximum absolute atomic E-state index is 13.3. The first-order chi connectivity index (χ1) is 15.3. The fraction of sp³-hybridized carbons (Fsp3) is 0.208. The van der Waals surface area contributed by atoms with E-state index < -0.39 is 22.5 Å². The van der Waals surface area contributed by atoms with Gasteiger partial charge in [-0.2, -0.15) is 4.31 Å². The normalized spacial score (nSPS) is 11.1. The summed E-state index contributed by atoms with van der Waals surface area (Å²) in [7, 11) is -2.70. The Kier molecular flexibility index (Phi) is 7.77. The fourth-order valence-electron chi connectivity index (χ4n) is 3.09. The molecular formula is C24H24ClNO5S. The number of halogens is 1. The largest absolute Gasteiger partial charge is 0.497 e. The van der Waals surface area contributed by atoms with Crippen LogP contribution in [0.1, 0.15) is 18.9 Å². The third-order valence-corrected chi connectivity index (χ3v) is 6.72. The lowest BCUT2D eigenvalue weighted by molar-refractivity contribution is -0.119. The van der Waals surface area contributed by atoms with E-state index in [0.29, 0.717) is 16.5 Å². The van der Waals surface area contributed by atoms with Crippen LogP contribution in [0.2, 0.25) is 5.02 Å². The van der Waals surface area contributed by atoms with Crippen molar-refractivity contribution in [3.63, 3.8) is 0 Å². The molecule has 0 bridgehead atoms. The average molecular weight is 474 g/mol. The molecule has 3 rings (SSSR count). The Balaban J connectivity index is 1.88. The summed E-state index contributed by atoms with van der Waals surface area (Å²) in [5.41, 5.74) is 1.34. The van der Waals surface area contributed by atoms with Gasteiger partial charge in [-0.15, -0.1) is 0 Å². The minimum atomic E-state index is -4.20. The van der Waals surface area contributed by atoms with Crippen LogP contribution >= 0.6 is 11.6 Å². The van der Waals surface area contributed by atoms with E-state index in [-0.39, 0.29) is 10.6 Å². The van der Waals surface area contributed by atoms with Gasteiger partial charge in [0, 0.05) is 5.02 Å². The van der Waals surface area contributed by atoms with E-state index in [1.807, 2.05) is 12.1 Å². The number of nitrogens with zero attached hydrogens (tertiary/aromatic N) is 1. The van der Waals surface area contributed by atoms with Crippen molar-refractivity contribution >= 4 is 33.2 Å². The lowest BCUT2D eigenvalue weighted by Gasteiger charge is -2.23. The van der Waals surface area contributed by atoms with E-state index in [9.17, 15) is 13.2 Å². The molecule has 0 unspecified atom stereocenters. The van der Waals surface area contributed by atoms with Gasteiger partial charge in [-0.3, -0.25) is 4.79 Å². The van der Waals surface area contributed by atoms with Crippen LogP contribution in [0.3, 0.4) is 0 Å². The molecule has 0 aliphatic carbocycles. The van der Waals surface area contributed by atoms with Crippen molar-refractivity contribution in [1.82, 2.24) is 0 Å². The zero-order valence-electron chi connectivity index (χ0n) is 17.8. The van der Waals surface area contributed by atoms with Crippen LogP contribution in [-0.2, 0) is 21.2 Å². The summed E-state index contributed by atoms with van der Waals surface area (Å²) in [4.78, 5) is 13.0. The van der Waals surface area contributed by atoms with Crippen molar-refractivity contribution in [2.75, 3.05) is 18.0 Å².